The van der Waals surface area contributed by atoms with Gasteiger partial charge in [0.25, 0.3) is 0 Å². The monoisotopic (exact) mass is 343 g/mol. The predicted molar refractivity (Wildman–Crippen MR) is 106 cm³/mol. The molecule has 0 bridgehead atoms. The first-order valence-electron chi connectivity index (χ1n) is 8.48. The summed E-state index contributed by atoms with van der Waals surface area (Å²) in [6, 6.07) is 14.0. The lowest BCUT2D eigenvalue weighted by Crippen LogP contribution is -2.19. The second-order valence-corrected chi connectivity index (χ2v) is 6.32. The molecule has 1 aromatic heterocycles. The molecule has 1 heterocycles. The van der Waals surface area contributed by atoms with E-state index in [4.69, 9.17) is 6.42 Å². The summed E-state index contributed by atoms with van der Waals surface area (Å²) < 4.78 is 1.99. The van der Waals surface area contributed by atoms with E-state index in [1.165, 1.54) is 11.1 Å². The molecule has 0 spiro atoms. The first-order chi connectivity index (χ1) is 12.6. The number of terminal acetylenes is 1. The molecule has 26 heavy (non-hydrogen) atoms. The van der Waals surface area contributed by atoms with Gasteiger partial charge in [-0.1, -0.05) is 42.3 Å². The van der Waals surface area contributed by atoms with Crippen molar-refractivity contribution in [1.29, 1.82) is 0 Å². The number of aryl methyl sites for hydroxylation is 2. The van der Waals surface area contributed by atoms with Gasteiger partial charge < -0.3 is 4.57 Å². The summed E-state index contributed by atoms with van der Waals surface area (Å²) in [7, 11) is 0. The summed E-state index contributed by atoms with van der Waals surface area (Å²) in [5, 5.41) is 5.16. The van der Waals surface area contributed by atoms with Gasteiger partial charge in [-0.15, -0.1) is 6.42 Å². The van der Waals surface area contributed by atoms with Gasteiger partial charge in [-0.2, -0.15) is 5.10 Å². The molecule has 0 saturated heterocycles. The molecule has 0 saturated carbocycles. The molecule has 1 N–H and O–H groups in total. The number of hydrogen-bond acceptors (Lipinski definition) is 2. The van der Waals surface area contributed by atoms with Crippen molar-refractivity contribution >= 4 is 23.0 Å². The average molecular weight is 343 g/mol. The minimum Gasteiger partial charge on any atom is -0.335 e. The summed E-state index contributed by atoms with van der Waals surface area (Å²) in [5.41, 5.74) is 7.95. The maximum absolute atomic E-state index is 12.1. The largest absolute Gasteiger partial charge is 0.335 e. The van der Waals surface area contributed by atoms with Crippen LogP contribution in [-0.2, 0) is 17.8 Å². The molecule has 1 amide bonds. The molecular weight excluding hydrogens is 322 g/mol. The summed E-state index contributed by atoms with van der Waals surface area (Å²) >= 11 is 0. The Bertz CT molecular complexity index is 1020. The fourth-order valence-electron chi connectivity index (χ4n) is 2.92. The van der Waals surface area contributed by atoms with E-state index in [2.05, 4.69) is 23.4 Å². The number of nitrogens with zero attached hydrogens (tertiary/aromatic N) is 2. The fourth-order valence-corrected chi connectivity index (χ4v) is 2.92. The first-order valence-corrected chi connectivity index (χ1v) is 8.48. The van der Waals surface area contributed by atoms with Crippen molar-refractivity contribution < 1.29 is 4.79 Å². The maximum atomic E-state index is 12.1. The van der Waals surface area contributed by atoms with Gasteiger partial charge in [0.1, 0.15) is 0 Å². The van der Waals surface area contributed by atoms with Gasteiger partial charge in [0.15, 0.2) is 0 Å². The van der Waals surface area contributed by atoms with Crippen LogP contribution >= 0.6 is 0 Å². The van der Waals surface area contributed by atoms with Crippen molar-refractivity contribution in [3.63, 3.8) is 0 Å². The zero-order chi connectivity index (χ0) is 18.5. The van der Waals surface area contributed by atoms with Gasteiger partial charge in [-0.3, -0.25) is 4.79 Å². The zero-order valence-electron chi connectivity index (χ0n) is 15.0. The minimum absolute atomic E-state index is 0.142. The Morgan fingerprint density at radius 1 is 1.23 bits per heavy atom. The highest BCUT2D eigenvalue weighted by Crippen LogP contribution is 2.19. The Morgan fingerprint density at radius 3 is 2.81 bits per heavy atom. The molecule has 0 unspecified atom stereocenters. The first kappa shape index (κ1) is 17.5. The van der Waals surface area contributed by atoms with E-state index in [0.717, 1.165) is 22.0 Å². The molecular formula is C22H21N3O. The van der Waals surface area contributed by atoms with Gasteiger partial charge in [-0.05, 0) is 36.6 Å². The minimum atomic E-state index is -0.142. The van der Waals surface area contributed by atoms with Crippen LogP contribution in [0.5, 0.6) is 0 Å². The van der Waals surface area contributed by atoms with Crippen LogP contribution in [-0.4, -0.2) is 16.7 Å². The van der Waals surface area contributed by atoms with Crippen LogP contribution in [0.4, 0.5) is 0 Å². The Hall–Kier alpha value is -3.32. The molecule has 4 heteroatoms. The molecule has 3 aromatic rings. The number of fused-ring (bicyclic) bond motifs is 1. The van der Waals surface area contributed by atoms with Crippen LogP contribution in [0, 0.1) is 26.2 Å². The second-order valence-electron chi connectivity index (χ2n) is 6.32. The van der Waals surface area contributed by atoms with Crippen LogP contribution < -0.4 is 5.43 Å². The number of amides is 1. The van der Waals surface area contributed by atoms with Gasteiger partial charge in [0.2, 0.25) is 5.91 Å². The van der Waals surface area contributed by atoms with Crippen molar-refractivity contribution in [2.45, 2.75) is 26.8 Å². The SMILES string of the molecule is C#CCn1cc(/C=N\NC(=O)Cc2ccc(C)c(C)c2)c2ccccc21. The molecule has 0 atom stereocenters. The van der Waals surface area contributed by atoms with Gasteiger partial charge in [-0.25, -0.2) is 5.43 Å². The molecule has 3 rings (SSSR count). The van der Waals surface area contributed by atoms with Crippen molar-refractivity contribution in [3.8, 4) is 12.3 Å². The molecule has 0 fully saturated rings. The molecule has 130 valence electrons. The molecule has 0 radical (unpaired) electrons. The van der Waals surface area contributed by atoms with Crippen molar-refractivity contribution in [2.75, 3.05) is 0 Å². The summed E-state index contributed by atoms with van der Waals surface area (Å²) in [5.74, 6) is 2.51. The van der Waals surface area contributed by atoms with E-state index >= 15 is 0 Å². The zero-order valence-corrected chi connectivity index (χ0v) is 15.0. The topological polar surface area (TPSA) is 46.4 Å². The number of nitrogens with one attached hydrogen (secondary N) is 1. The molecule has 0 aliphatic carbocycles. The lowest BCUT2D eigenvalue weighted by Gasteiger charge is -2.04. The summed E-state index contributed by atoms with van der Waals surface area (Å²) in [6.07, 6.45) is 9.34. The lowest BCUT2D eigenvalue weighted by molar-refractivity contribution is -0.120. The third kappa shape index (κ3) is 3.84. The number of hydrogen-bond donors (Lipinski definition) is 1. The van der Waals surface area contributed by atoms with E-state index < -0.39 is 0 Å². The molecule has 2 aromatic carbocycles. The number of rotatable bonds is 5. The number of aromatic nitrogens is 1. The van der Waals surface area contributed by atoms with Crippen LogP contribution in [0.3, 0.4) is 0 Å². The standard InChI is InChI=1S/C22H21N3O/c1-4-11-25-15-19(20-7-5-6-8-21(20)25)14-23-24-22(26)13-18-10-9-16(2)17(3)12-18/h1,5-10,12,14-15H,11,13H2,2-3H3,(H,24,26)/b23-14-. The number of carbonyl (C=O) groups is 1. The van der Waals surface area contributed by atoms with Gasteiger partial charge in [0.05, 0.1) is 19.2 Å². The summed E-state index contributed by atoms with van der Waals surface area (Å²) in [4.78, 5) is 12.1. The van der Waals surface area contributed by atoms with E-state index in [1.807, 2.05) is 60.2 Å². The van der Waals surface area contributed by atoms with Crippen molar-refractivity contribution in [1.82, 2.24) is 9.99 Å². The van der Waals surface area contributed by atoms with Crippen LogP contribution in [0.15, 0.2) is 53.8 Å². The van der Waals surface area contributed by atoms with E-state index in [9.17, 15) is 4.79 Å². The Morgan fingerprint density at radius 2 is 2.04 bits per heavy atom. The van der Waals surface area contributed by atoms with Crippen molar-refractivity contribution in [3.05, 3.63) is 70.9 Å². The predicted octanol–water partition coefficient (Wildman–Crippen LogP) is 3.58. The molecule has 4 nitrogen and oxygen atoms in total. The van der Waals surface area contributed by atoms with Crippen LogP contribution in [0.2, 0.25) is 0 Å². The van der Waals surface area contributed by atoms with E-state index in [0.29, 0.717) is 13.0 Å². The number of para-hydroxylation sites is 1. The average Bonchev–Trinajstić information content (AvgIpc) is 2.97. The van der Waals surface area contributed by atoms with Crippen molar-refractivity contribution in [2.24, 2.45) is 5.10 Å². The Labute approximate surface area is 153 Å². The highest BCUT2D eigenvalue weighted by molar-refractivity contribution is 5.99. The van der Waals surface area contributed by atoms with Crippen LogP contribution in [0.1, 0.15) is 22.3 Å². The van der Waals surface area contributed by atoms with Gasteiger partial charge in [0, 0.05) is 22.7 Å². The molecule has 0 aliphatic heterocycles. The fraction of sp³-hybridized carbons (Fsp3) is 0.182. The molecule has 0 aliphatic rings. The number of hydrazone groups is 1. The Kier molecular flexibility index (Phi) is 5.19. The normalized spacial score (nSPS) is 11.0. The van der Waals surface area contributed by atoms with Crippen LogP contribution in [0.25, 0.3) is 10.9 Å². The van der Waals surface area contributed by atoms with E-state index in [1.54, 1.807) is 6.21 Å². The quantitative estimate of drug-likeness (QED) is 0.430. The van der Waals surface area contributed by atoms with Gasteiger partial charge >= 0.3 is 0 Å². The van der Waals surface area contributed by atoms with E-state index in [-0.39, 0.29) is 5.91 Å². The smallest absolute Gasteiger partial charge is 0.244 e. The summed E-state index contributed by atoms with van der Waals surface area (Å²) in [6.45, 7) is 4.59. The highest BCUT2D eigenvalue weighted by atomic mass is 16.2. The number of carbonyl (C=O) groups excluding carboxylic acids is 1. The second kappa shape index (κ2) is 7.71. The lowest BCUT2D eigenvalue weighted by atomic mass is 10.0. The highest BCUT2D eigenvalue weighted by Gasteiger charge is 2.06. The Balaban J connectivity index is 1.70. The number of benzene rings is 2. The maximum Gasteiger partial charge on any atom is 0.244 e. The third-order valence-electron chi connectivity index (χ3n) is 4.41. The third-order valence-corrected chi connectivity index (χ3v) is 4.41.